The first-order valence-electron chi connectivity index (χ1n) is 7.98. The van der Waals surface area contributed by atoms with Crippen molar-refractivity contribution in [2.45, 2.75) is 25.8 Å². The van der Waals surface area contributed by atoms with E-state index in [9.17, 15) is 4.79 Å². The molecule has 1 saturated carbocycles. The maximum atomic E-state index is 12.4. The summed E-state index contributed by atoms with van der Waals surface area (Å²) in [7, 11) is 0. The first-order valence-corrected chi connectivity index (χ1v) is 7.98. The zero-order valence-corrected chi connectivity index (χ0v) is 13.2. The number of ether oxygens (including phenoxy) is 1. The number of anilines is 1. The van der Waals surface area contributed by atoms with Gasteiger partial charge in [-0.1, -0.05) is 30.3 Å². The van der Waals surface area contributed by atoms with Crippen molar-refractivity contribution in [2.24, 2.45) is 5.92 Å². The molecule has 1 fully saturated rings. The molecule has 120 valence electrons. The number of benzene rings is 1. The minimum atomic E-state index is -0.236. The molecule has 3 rings (SSSR count). The molecule has 1 aliphatic rings. The summed E-state index contributed by atoms with van der Waals surface area (Å²) in [5.41, 5.74) is 1.72. The largest absolute Gasteiger partial charge is 0.476 e. The number of pyridine rings is 1. The highest BCUT2D eigenvalue weighted by atomic mass is 16.5. The van der Waals surface area contributed by atoms with E-state index in [-0.39, 0.29) is 12.1 Å². The molecular weight excluding hydrogens is 290 g/mol. The summed E-state index contributed by atoms with van der Waals surface area (Å²) in [6.07, 6.45) is 3.94. The van der Waals surface area contributed by atoms with Gasteiger partial charge in [-0.2, -0.15) is 0 Å². The van der Waals surface area contributed by atoms with Gasteiger partial charge in [0, 0.05) is 6.20 Å². The van der Waals surface area contributed by atoms with Crippen molar-refractivity contribution in [3.8, 4) is 5.88 Å². The average molecular weight is 311 g/mol. The molecule has 1 heterocycles. The zero-order chi connectivity index (χ0) is 16.1. The SMILES string of the molecule is CCOc1ncccc1NC(=O)N[C@H](c1ccccc1)C1CC1. The Hall–Kier alpha value is -2.56. The standard InChI is InChI=1S/C18H21N3O2/c1-2-23-17-15(9-6-12-19-17)20-18(22)21-16(14-10-11-14)13-7-4-3-5-8-13/h3-9,12,14,16H,2,10-11H2,1H3,(H2,20,21,22)/t16-/m1/s1. The molecule has 2 N–H and O–H groups in total. The van der Waals surface area contributed by atoms with Crippen molar-refractivity contribution in [3.63, 3.8) is 0 Å². The summed E-state index contributed by atoms with van der Waals surface area (Å²) in [5.74, 6) is 0.955. The van der Waals surface area contributed by atoms with E-state index >= 15 is 0 Å². The van der Waals surface area contributed by atoms with E-state index in [2.05, 4.69) is 27.8 Å². The highest BCUT2D eigenvalue weighted by molar-refractivity contribution is 5.90. The van der Waals surface area contributed by atoms with E-state index in [1.165, 1.54) is 0 Å². The van der Waals surface area contributed by atoms with Crippen LogP contribution in [0.25, 0.3) is 0 Å². The van der Waals surface area contributed by atoms with Crippen molar-refractivity contribution in [1.82, 2.24) is 10.3 Å². The van der Waals surface area contributed by atoms with Crippen LogP contribution in [0.15, 0.2) is 48.7 Å². The molecule has 2 aromatic rings. The molecule has 1 atom stereocenters. The third-order valence-corrected chi connectivity index (χ3v) is 3.84. The Morgan fingerprint density at radius 1 is 1.26 bits per heavy atom. The predicted molar refractivity (Wildman–Crippen MR) is 89.5 cm³/mol. The van der Waals surface area contributed by atoms with E-state index in [1.807, 2.05) is 25.1 Å². The summed E-state index contributed by atoms with van der Waals surface area (Å²) in [6, 6.07) is 13.5. The number of aromatic nitrogens is 1. The van der Waals surface area contributed by atoms with Gasteiger partial charge in [0.25, 0.3) is 0 Å². The van der Waals surface area contributed by atoms with Crippen LogP contribution in [0.5, 0.6) is 5.88 Å². The number of nitrogens with zero attached hydrogens (tertiary/aromatic N) is 1. The summed E-state index contributed by atoms with van der Waals surface area (Å²) in [4.78, 5) is 16.5. The molecule has 0 saturated heterocycles. The second-order valence-corrected chi connectivity index (χ2v) is 5.61. The van der Waals surface area contributed by atoms with Gasteiger partial charge in [0.2, 0.25) is 5.88 Å². The van der Waals surface area contributed by atoms with Gasteiger partial charge < -0.3 is 15.4 Å². The summed E-state index contributed by atoms with van der Waals surface area (Å²) >= 11 is 0. The number of nitrogens with one attached hydrogen (secondary N) is 2. The first-order chi connectivity index (χ1) is 11.3. The molecule has 0 bridgehead atoms. The van der Waals surface area contributed by atoms with E-state index < -0.39 is 0 Å². The lowest BCUT2D eigenvalue weighted by molar-refractivity contribution is 0.246. The van der Waals surface area contributed by atoms with Gasteiger partial charge in [0.15, 0.2) is 0 Å². The smallest absolute Gasteiger partial charge is 0.319 e. The molecule has 0 aliphatic heterocycles. The highest BCUT2D eigenvalue weighted by Crippen LogP contribution is 2.41. The monoisotopic (exact) mass is 311 g/mol. The van der Waals surface area contributed by atoms with Crippen LogP contribution in [0.4, 0.5) is 10.5 Å². The number of rotatable bonds is 6. The Labute approximate surface area is 136 Å². The van der Waals surface area contributed by atoms with Gasteiger partial charge in [-0.25, -0.2) is 9.78 Å². The molecule has 1 aromatic carbocycles. The zero-order valence-electron chi connectivity index (χ0n) is 13.2. The van der Waals surface area contributed by atoms with E-state index in [0.717, 1.165) is 18.4 Å². The minimum absolute atomic E-state index is 0.0448. The third-order valence-electron chi connectivity index (χ3n) is 3.84. The lowest BCUT2D eigenvalue weighted by atomic mass is 10.0. The fraction of sp³-hybridized carbons (Fsp3) is 0.333. The van der Waals surface area contributed by atoms with Gasteiger partial charge >= 0.3 is 6.03 Å². The van der Waals surface area contributed by atoms with Crippen LogP contribution in [0.1, 0.15) is 31.4 Å². The van der Waals surface area contributed by atoms with Gasteiger partial charge in [-0.05, 0) is 43.4 Å². The lowest BCUT2D eigenvalue weighted by Gasteiger charge is -2.19. The van der Waals surface area contributed by atoms with Crippen LogP contribution in [0.2, 0.25) is 0 Å². The van der Waals surface area contributed by atoms with Crippen LogP contribution in [-0.2, 0) is 0 Å². The fourth-order valence-corrected chi connectivity index (χ4v) is 2.60. The Kier molecular flexibility index (Phi) is 4.76. The maximum absolute atomic E-state index is 12.4. The van der Waals surface area contributed by atoms with Crippen LogP contribution in [0, 0.1) is 5.92 Å². The predicted octanol–water partition coefficient (Wildman–Crippen LogP) is 3.75. The molecule has 23 heavy (non-hydrogen) atoms. The molecule has 5 nitrogen and oxygen atoms in total. The average Bonchev–Trinajstić information content (AvgIpc) is 3.40. The molecule has 0 spiro atoms. The summed E-state index contributed by atoms with van der Waals surface area (Å²) in [6.45, 7) is 2.39. The Balaban J connectivity index is 1.68. The number of urea groups is 1. The quantitative estimate of drug-likeness (QED) is 0.854. The number of carbonyl (C=O) groups is 1. The van der Waals surface area contributed by atoms with Crippen LogP contribution < -0.4 is 15.4 Å². The minimum Gasteiger partial charge on any atom is -0.476 e. The second kappa shape index (κ2) is 7.13. The van der Waals surface area contributed by atoms with Gasteiger partial charge in [-0.3, -0.25) is 0 Å². The van der Waals surface area contributed by atoms with Gasteiger partial charge in [-0.15, -0.1) is 0 Å². The molecular formula is C18H21N3O2. The topological polar surface area (TPSA) is 63.2 Å². The van der Waals surface area contributed by atoms with Crippen LogP contribution >= 0.6 is 0 Å². The van der Waals surface area contributed by atoms with Crippen molar-refractivity contribution in [2.75, 3.05) is 11.9 Å². The first kappa shape index (κ1) is 15.3. The number of hydrogen-bond acceptors (Lipinski definition) is 3. The molecule has 1 aromatic heterocycles. The Morgan fingerprint density at radius 3 is 2.74 bits per heavy atom. The van der Waals surface area contributed by atoms with Crippen molar-refractivity contribution in [1.29, 1.82) is 0 Å². The van der Waals surface area contributed by atoms with Gasteiger partial charge in [0.05, 0.1) is 12.6 Å². The van der Waals surface area contributed by atoms with Gasteiger partial charge in [0.1, 0.15) is 5.69 Å². The highest BCUT2D eigenvalue weighted by Gasteiger charge is 2.33. The molecule has 0 unspecified atom stereocenters. The maximum Gasteiger partial charge on any atom is 0.319 e. The lowest BCUT2D eigenvalue weighted by Crippen LogP contribution is -2.33. The number of hydrogen-bond donors (Lipinski definition) is 2. The Morgan fingerprint density at radius 2 is 2.04 bits per heavy atom. The molecule has 1 aliphatic carbocycles. The van der Waals surface area contributed by atoms with Crippen LogP contribution in [0.3, 0.4) is 0 Å². The molecule has 5 heteroatoms. The van der Waals surface area contributed by atoms with Crippen LogP contribution in [-0.4, -0.2) is 17.6 Å². The number of carbonyl (C=O) groups excluding carboxylic acids is 1. The number of amides is 2. The molecule has 0 radical (unpaired) electrons. The van der Waals surface area contributed by atoms with Crippen molar-refractivity contribution < 1.29 is 9.53 Å². The third kappa shape index (κ3) is 4.00. The van der Waals surface area contributed by atoms with Crippen molar-refractivity contribution in [3.05, 3.63) is 54.2 Å². The summed E-state index contributed by atoms with van der Waals surface area (Å²) in [5, 5.41) is 5.92. The normalized spacial score (nSPS) is 14.8. The van der Waals surface area contributed by atoms with E-state index in [1.54, 1.807) is 18.3 Å². The second-order valence-electron chi connectivity index (χ2n) is 5.61. The van der Waals surface area contributed by atoms with E-state index in [4.69, 9.17) is 4.74 Å². The Bertz CT molecular complexity index is 656. The molecule has 2 amide bonds. The fourth-order valence-electron chi connectivity index (χ4n) is 2.60. The summed E-state index contributed by atoms with van der Waals surface area (Å²) < 4.78 is 5.43. The van der Waals surface area contributed by atoms with Crippen molar-refractivity contribution >= 4 is 11.7 Å². The van der Waals surface area contributed by atoms with E-state index in [0.29, 0.717) is 24.1 Å².